The molecule has 6 nitrogen and oxygen atoms in total. The molecule has 1 heterocycles. The highest BCUT2D eigenvalue weighted by atomic mass is 32.2. The van der Waals surface area contributed by atoms with Gasteiger partial charge in [0.1, 0.15) is 0 Å². The molecule has 0 radical (unpaired) electrons. The maximum atomic E-state index is 12.2. The van der Waals surface area contributed by atoms with E-state index in [1.807, 2.05) is 0 Å². The number of sulfonamides is 1. The van der Waals surface area contributed by atoms with Crippen molar-refractivity contribution >= 4 is 21.6 Å². The predicted molar refractivity (Wildman–Crippen MR) is 76.1 cm³/mol. The minimum absolute atomic E-state index is 0.159. The molecule has 1 amide bonds. The molecule has 1 aromatic carbocycles. The van der Waals surface area contributed by atoms with Crippen LogP contribution in [0.5, 0.6) is 0 Å². The molecule has 2 N–H and O–H groups in total. The number of carbonyl (C=O) groups excluding carboxylic acids is 1. The third-order valence-electron chi connectivity index (χ3n) is 3.17. The van der Waals surface area contributed by atoms with Gasteiger partial charge in [-0.05, 0) is 37.6 Å². The van der Waals surface area contributed by atoms with Gasteiger partial charge >= 0.3 is 0 Å². The van der Waals surface area contributed by atoms with Crippen molar-refractivity contribution in [3.05, 3.63) is 29.8 Å². The largest absolute Gasteiger partial charge is 0.388 e. The number of likely N-dealkylation sites (tertiary alicyclic amines) is 1. The van der Waals surface area contributed by atoms with E-state index in [0.29, 0.717) is 30.8 Å². The first-order chi connectivity index (χ1) is 9.16. The number of hydrogen-bond acceptors (Lipinski definition) is 4. The zero-order valence-corrected chi connectivity index (χ0v) is 12.3. The van der Waals surface area contributed by atoms with Crippen molar-refractivity contribution in [1.29, 1.82) is 0 Å². The molecule has 1 saturated heterocycles. The molecule has 1 atom stereocenters. The summed E-state index contributed by atoms with van der Waals surface area (Å²) in [6, 6.07) is 6.23. The number of hydrogen-bond donors (Lipinski definition) is 2. The van der Waals surface area contributed by atoms with Crippen molar-refractivity contribution in [2.75, 3.05) is 24.1 Å². The number of anilines is 1. The number of aliphatic hydroxyl groups is 1. The Morgan fingerprint density at radius 1 is 1.35 bits per heavy atom. The summed E-state index contributed by atoms with van der Waals surface area (Å²) in [4.78, 5) is 13.8. The van der Waals surface area contributed by atoms with Crippen LogP contribution in [0.4, 0.5) is 5.69 Å². The second-order valence-corrected chi connectivity index (χ2v) is 7.17. The third-order valence-corrected chi connectivity index (χ3v) is 3.78. The first-order valence-corrected chi connectivity index (χ1v) is 8.15. The smallest absolute Gasteiger partial charge is 0.253 e. The van der Waals surface area contributed by atoms with E-state index in [2.05, 4.69) is 4.72 Å². The second kappa shape index (κ2) is 5.06. The fourth-order valence-electron chi connectivity index (χ4n) is 2.20. The van der Waals surface area contributed by atoms with E-state index in [9.17, 15) is 18.3 Å². The van der Waals surface area contributed by atoms with Crippen LogP contribution in [-0.4, -0.2) is 49.3 Å². The van der Waals surface area contributed by atoms with Gasteiger partial charge in [-0.25, -0.2) is 8.42 Å². The Balaban J connectivity index is 2.09. The van der Waals surface area contributed by atoms with Crippen LogP contribution in [0.2, 0.25) is 0 Å². The van der Waals surface area contributed by atoms with Gasteiger partial charge in [0.25, 0.3) is 5.91 Å². The van der Waals surface area contributed by atoms with Crippen molar-refractivity contribution < 1.29 is 18.3 Å². The van der Waals surface area contributed by atoms with E-state index in [0.717, 1.165) is 6.26 Å². The molecule has 0 aromatic heterocycles. The summed E-state index contributed by atoms with van der Waals surface area (Å²) in [5, 5.41) is 9.86. The molecule has 0 saturated carbocycles. The van der Waals surface area contributed by atoms with E-state index in [1.54, 1.807) is 36.1 Å². The lowest BCUT2D eigenvalue weighted by Gasteiger charge is -2.19. The summed E-state index contributed by atoms with van der Waals surface area (Å²) in [5.74, 6) is -0.159. The molecular weight excluding hydrogens is 280 g/mol. The molecule has 0 bridgehead atoms. The fraction of sp³-hybridized carbons (Fsp3) is 0.462. The number of amides is 1. The standard InChI is InChI=1S/C13H18N2O4S/c1-13(17)7-8-15(9-13)12(16)10-3-5-11(6-4-10)14-20(2,18)19/h3-6,14,17H,7-9H2,1-2H3. The Kier molecular flexibility index (Phi) is 3.75. The monoisotopic (exact) mass is 298 g/mol. The van der Waals surface area contributed by atoms with Crippen LogP contribution in [-0.2, 0) is 10.0 Å². The van der Waals surface area contributed by atoms with Crippen LogP contribution in [0.25, 0.3) is 0 Å². The molecule has 2 rings (SSSR count). The fourth-order valence-corrected chi connectivity index (χ4v) is 2.76. The highest BCUT2D eigenvalue weighted by Crippen LogP contribution is 2.22. The van der Waals surface area contributed by atoms with Crippen molar-refractivity contribution in [1.82, 2.24) is 4.90 Å². The van der Waals surface area contributed by atoms with Crippen LogP contribution in [0.1, 0.15) is 23.7 Å². The van der Waals surface area contributed by atoms with Gasteiger partial charge in [-0.1, -0.05) is 0 Å². The van der Waals surface area contributed by atoms with Crippen molar-refractivity contribution in [2.24, 2.45) is 0 Å². The first-order valence-electron chi connectivity index (χ1n) is 6.26. The van der Waals surface area contributed by atoms with Crippen LogP contribution < -0.4 is 4.72 Å². The minimum Gasteiger partial charge on any atom is -0.388 e. The molecule has 7 heteroatoms. The van der Waals surface area contributed by atoms with E-state index in [1.165, 1.54) is 0 Å². The maximum Gasteiger partial charge on any atom is 0.253 e. The lowest BCUT2D eigenvalue weighted by atomic mass is 10.1. The number of carbonyl (C=O) groups is 1. The normalized spacial score (nSPS) is 22.9. The molecule has 1 fully saturated rings. The summed E-state index contributed by atoms with van der Waals surface area (Å²) in [6.07, 6.45) is 1.63. The van der Waals surface area contributed by atoms with Gasteiger partial charge in [0.05, 0.1) is 11.9 Å². The molecule has 110 valence electrons. The third kappa shape index (κ3) is 3.71. The van der Waals surface area contributed by atoms with Gasteiger partial charge in [0, 0.05) is 24.3 Å². The molecule has 0 aliphatic carbocycles. The van der Waals surface area contributed by atoms with Gasteiger partial charge in [0.15, 0.2) is 0 Å². The molecule has 1 aliphatic heterocycles. The lowest BCUT2D eigenvalue weighted by molar-refractivity contribution is 0.0572. The zero-order valence-electron chi connectivity index (χ0n) is 11.5. The Bertz CT molecular complexity index is 608. The Hall–Kier alpha value is -1.60. The Morgan fingerprint density at radius 3 is 2.40 bits per heavy atom. The predicted octanol–water partition coefficient (Wildman–Crippen LogP) is 0.655. The molecule has 20 heavy (non-hydrogen) atoms. The topological polar surface area (TPSA) is 86.7 Å². The lowest BCUT2D eigenvalue weighted by Crippen LogP contribution is -2.33. The summed E-state index contributed by atoms with van der Waals surface area (Å²) in [7, 11) is -3.32. The van der Waals surface area contributed by atoms with Gasteiger partial charge in [-0.2, -0.15) is 0 Å². The minimum atomic E-state index is -3.32. The highest BCUT2D eigenvalue weighted by molar-refractivity contribution is 7.92. The van der Waals surface area contributed by atoms with Crippen molar-refractivity contribution in [3.8, 4) is 0 Å². The Labute approximate surface area is 118 Å². The van der Waals surface area contributed by atoms with Gasteiger partial charge in [0.2, 0.25) is 10.0 Å². The van der Waals surface area contributed by atoms with Crippen LogP contribution in [0.3, 0.4) is 0 Å². The van der Waals surface area contributed by atoms with E-state index in [4.69, 9.17) is 0 Å². The van der Waals surface area contributed by atoms with Gasteiger partial charge in [-0.3, -0.25) is 9.52 Å². The van der Waals surface area contributed by atoms with E-state index in [-0.39, 0.29) is 5.91 Å². The number of nitrogens with one attached hydrogen (secondary N) is 1. The number of nitrogens with zero attached hydrogens (tertiary/aromatic N) is 1. The quantitative estimate of drug-likeness (QED) is 0.858. The summed E-state index contributed by atoms with van der Waals surface area (Å²) in [5.41, 5.74) is 0.0622. The Morgan fingerprint density at radius 2 is 1.95 bits per heavy atom. The van der Waals surface area contributed by atoms with Crippen molar-refractivity contribution in [2.45, 2.75) is 18.9 Å². The maximum absolute atomic E-state index is 12.2. The average molecular weight is 298 g/mol. The van der Waals surface area contributed by atoms with Crippen molar-refractivity contribution in [3.63, 3.8) is 0 Å². The van der Waals surface area contributed by atoms with Crippen LogP contribution in [0, 0.1) is 0 Å². The molecule has 1 aromatic rings. The average Bonchev–Trinajstić information content (AvgIpc) is 2.68. The molecule has 1 unspecified atom stereocenters. The molecule has 1 aliphatic rings. The number of rotatable bonds is 3. The highest BCUT2D eigenvalue weighted by Gasteiger charge is 2.34. The van der Waals surface area contributed by atoms with Gasteiger partial charge in [-0.15, -0.1) is 0 Å². The summed E-state index contributed by atoms with van der Waals surface area (Å²) >= 11 is 0. The van der Waals surface area contributed by atoms with Crippen LogP contribution in [0.15, 0.2) is 24.3 Å². The first kappa shape index (κ1) is 14.8. The summed E-state index contributed by atoms with van der Waals surface area (Å²) in [6.45, 7) is 2.55. The zero-order chi connectivity index (χ0) is 15.0. The van der Waals surface area contributed by atoms with Gasteiger partial charge < -0.3 is 10.0 Å². The SMILES string of the molecule is CC1(O)CCN(C(=O)c2ccc(NS(C)(=O)=O)cc2)C1. The van der Waals surface area contributed by atoms with Crippen LogP contribution >= 0.6 is 0 Å². The number of β-amino-alcohol motifs (C(OH)–C–C–N with tert-alkyl or cyclic N) is 1. The molecule has 0 spiro atoms. The second-order valence-electron chi connectivity index (χ2n) is 5.43. The molecular formula is C13H18N2O4S. The summed E-state index contributed by atoms with van der Waals surface area (Å²) < 4.78 is 24.5. The van der Waals surface area contributed by atoms with E-state index < -0.39 is 15.6 Å². The van der Waals surface area contributed by atoms with E-state index >= 15 is 0 Å². The number of benzene rings is 1.